The second-order valence-corrected chi connectivity index (χ2v) is 12.0. The van der Waals surface area contributed by atoms with Gasteiger partial charge in [0.1, 0.15) is 11.4 Å². The summed E-state index contributed by atoms with van der Waals surface area (Å²) in [5, 5.41) is 6.94. The van der Waals surface area contributed by atoms with E-state index in [1.165, 1.54) is 16.6 Å². The number of hydrogen-bond acceptors (Lipinski definition) is 6. The van der Waals surface area contributed by atoms with E-state index >= 15 is 0 Å². The minimum atomic E-state index is -3.68. The largest absolute Gasteiger partial charge is 0.380 e. The number of ether oxygens (including phenoxy) is 1. The van der Waals surface area contributed by atoms with Crippen molar-refractivity contribution in [1.29, 1.82) is 0 Å². The third-order valence-electron chi connectivity index (χ3n) is 7.49. The Morgan fingerprint density at radius 3 is 2.58 bits per heavy atom. The number of nitrogens with zero attached hydrogens (tertiary/aromatic N) is 2. The zero-order valence-corrected chi connectivity index (χ0v) is 22.1. The number of rotatable bonds is 7. The molecule has 0 radical (unpaired) electrons. The van der Waals surface area contributed by atoms with E-state index in [0.29, 0.717) is 30.0 Å². The van der Waals surface area contributed by atoms with E-state index in [0.717, 1.165) is 43.0 Å². The van der Waals surface area contributed by atoms with Crippen LogP contribution in [0.2, 0.25) is 0 Å². The first-order valence-corrected chi connectivity index (χ1v) is 14.1. The summed E-state index contributed by atoms with van der Waals surface area (Å²) in [6.45, 7) is 4.44. The lowest BCUT2D eigenvalue weighted by atomic mass is 9.82. The molecule has 1 aromatic carbocycles. The molecule has 1 aliphatic carbocycles. The lowest BCUT2D eigenvalue weighted by molar-refractivity contribution is -0.125. The molecule has 196 valence electrons. The van der Waals surface area contributed by atoms with Gasteiger partial charge in [0.05, 0.1) is 6.61 Å². The Balaban J connectivity index is 1.43. The molecule has 36 heavy (non-hydrogen) atoms. The Bertz CT molecular complexity index is 1160. The van der Waals surface area contributed by atoms with Crippen LogP contribution in [0.5, 0.6) is 0 Å². The molecule has 0 unspecified atom stereocenters. The maximum absolute atomic E-state index is 13.1. The van der Waals surface area contributed by atoms with Crippen molar-refractivity contribution in [1.82, 2.24) is 9.62 Å². The van der Waals surface area contributed by atoms with Crippen molar-refractivity contribution < 1.29 is 22.7 Å². The summed E-state index contributed by atoms with van der Waals surface area (Å²) in [4.78, 5) is 29.1. The number of methoxy groups -OCH3 is 1. The topological polar surface area (TPSA) is 117 Å². The van der Waals surface area contributed by atoms with E-state index in [2.05, 4.69) is 17.6 Å². The molecule has 0 aromatic heterocycles. The molecule has 2 heterocycles. The van der Waals surface area contributed by atoms with Crippen LogP contribution >= 0.6 is 0 Å². The van der Waals surface area contributed by atoms with Crippen molar-refractivity contribution in [3.63, 3.8) is 0 Å². The predicted molar refractivity (Wildman–Crippen MR) is 140 cm³/mol. The average Bonchev–Trinajstić information content (AvgIpc) is 3.14. The van der Waals surface area contributed by atoms with E-state index in [9.17, 15) is 18.0 Å². The van der Waals surface area contributed by atoms with Crippen LogP contribution < -0.4 is 10.6 Å². The number of carbonyl (C=O) groups is 2. The Labute approximate surface area is 213 Å². The first-order valence-electron chi connectivity index (χ1n) is 12.6. The van der Waals surface area contributed by atoms with Gasteiger partial charge in [-0.2, -0.15) is 4.31 Å². The van der Waals surface area contributed by atoms with Gasteiger partial charge in [-0.25, -0.2) is 8.42 Å². The van der Waals surface area contributed by atoms with E-state index in [4.69, 9.17) is 9.73 Å². The van der Waals surface area contributed by atoms with Crippen LogP contribution in [0.15, 0.2) is 28.6 Å². The highest BCUT2D eigenvalue weighted by molar-refractivity contribution is 7.92. The van der Waals surface area contributed by atoms with Crippen molar-refractivity contribution in [2.24, 2.45) is 16.8 Å². The summed E-state index contributed by atoms with van der Waals surface area (Å²) < 4.78 is 32.8. The zero-order chi connectivity index (χ0) is 25.9. The number of amidine groups is 1. The summed E-state index contributed by atoms with van der Waals surface area (Å²) in [6.07, 6.45) is 6.67. The van der Waals surface area contributed by atoms with Gasteiger partial charge in [0, 0.05) is 44.1 Å². The standard InChI is InChI=1S/C26H36N4O5S/c1-18-4-6-21(7-5-18)24-28-25(32)26(29-24)11-13-30(14-12-26)36(33,34)15-10-20-8-9-23(27-19(2)31)16-22(20)17-35-3/h8-10,15-16,18,21H,4-7,11-14,17H2,1-3H3,(H,27,31)(H,28,29,32). The summed E-state index contributed by atoms with van der Waals surface area (Å²) in [5.41, 5.74) is 1.22. The second-order valence-electron chi connectivity index (χ2n) is 10.2. The van der Waals surface area contributed by atoms with E-state index in [1.54, 1.807) is 31.4 Å². The number of nitrogens with one attached hydrogen (secondary N) is 2. The van der Waals surface area contributed by atoms with Crippen LogP contribution in [0.3, 0.4) is 0 Å². The molecule has 1 saturated carbocycles. The molecular weight excluding hydrogens is 480 g/mol. The Hall–Kier alpha value is -2.56. The second kappa shape index (κ2) is 10.8. The third-order valence-corrected chi connectivity index (χ3v) is 9.06. The van der Waals surface area contributed by atoms with Crippen molar-refractivity contribution in [2.45, 2.75) is 64.5 Å². The smallest absolute Gasteiger partial charge is 0.253 e. The number of hydrogen-bond donors (Lipinski definition) is 2. The number of amides is 2. The van der Waals surface area contributed by atoms with Crippen LogP contribution in [-0.2, 0) is 31.0 Å². The van der Waals surface area contributed by atoms with Gasteiger partial charge in [0.15, 0.2) is 0 Å². The molecule has 3 aliphatic rings. The number of sulfonamides is 1. The first kappa shape index (κ1) is 26.5. The van der Waals surface area contributed by atoms with Gasteiger partial charge >= 0.3 is 0 Å². The Morgan fingerprint density at radius 1 is 1.25 bits per heavy atom. The zero-order valence-electron chi connectivity index (χ0n) is 21.2. The average molecular weight is 517 g/mol. The van der Waals surface area contributed by atoms with Gasteiger partial charge in [0.2, 0.25) is 15.9 Å². The molecule has 1 saturated heterocycles. The fourth-order valence-corrected chi connectivity index (χ4v) is 6.48. The van der Waals surface area contributed by atoms with Gasteiger partial charge in [-0.1, -0.05) is 25.8 Å². The SMILES string of the molecule is COCc1cc(NC(C)=O)ccc1C=CS(=O)(=O)N1CCC2(CC1)N=C(C1CCC(C)CC1)NC2=O. The monoisotopic (exact) mass is 516 g/mol. The normalized spacial score (nSPS) is 24.6. The van der Waals surface area contributed by atoms with E-state index in [-0.39, 0.29) is 31.5 Å². The van der Waals surface area contributed by atoms with Gasteiger partial charge < -0.3 is 15.4 Å². The molecule has 2 aliphatic heterocycles. The maximum atomic E-state index is 13.1. The van der Waals surface area contributed by atoms with Crippen LogP contribution in [0.25, 0.3) is 6.08 Å². The minimum absolute atomic E-state index is 0.0906. The highest BCUT2D eigenvalue weighted by atomic mass is 32.2. The molecule has 2 amide bonds. The third kappa shape index (κ3) is 5.87. The maximum Gasteiger partial charge on any atom is 0.253 e. The molecule has 0 bridgehead atoms. The quantitative estimate of drug-likeness (QED) is 0.577. The van der Waals surface area contributed by atoms with Gasteiger partial charge in [-0.3, -0.25) is 14.6 Å². The van der Waals surface area contributed by atoms with Crippen molar-refractivity contribution >= 4 is 39.4 Å². The van der Waals surface area contributed by atoms with Gasteiger partial charge in [-0.05, 0) is 60.9 Å². The molecule has 2 fully saturated rings. The number of piperidine rings is 1. The molecule has 1 aromatic rings. The number of anilines is 1. The molecule has 9 nitrogen and oxygen atoms in total. The van der Waals surface area contributed by atoms with Crippen LogP contribution in [0, 0.1) is 11.8 Å². The lowest BCUT2D eigenvalue weighted by Gasteiger charge is -2.34. The van der Waals surface area contributed by atoms with Crippen LogP contribution in [0.4, 0.5) is 5.69 Å². The molecule has 1 spiro atoms. The Kier molecular flexibility index (Phi) is 7.96. The van der Waals surface area contributed by atoms with E-state index in [1.807, 2.05) is 0 Å². The van der Waals surface area contributed by atoms with Gasteiger partial charge in [0.25, 0.3) is 5.91 Å². The predicted octanol–water partition coefficient (Wildman–Crippen LogP) is 3.28. The highest BCUT2D eigenvalue weighted by Crippen LogP contribution is 2.36. The minimum Gasteiger partial charge on any atom is -0.380 e. The highest BCUT2D eigenvalue weighted by Gasteiger charge is 2.48. The van der Waals surface area contributed by atoms with Crippen LogP contribution in [0.1, 0.15) is 63.5 Å². The lowest BCUT2D eigenvalue weighted by Crippen LogP contribution is -2.50. The van der Waals surface area contributed by atoms with Crippen molar-refractivity contribution in [3.8, 4) is 0 Å². The molecule has 10 heteroatoms. The van der Waals surface area contributed by atoms with Gasteiger partial charge in [-0.15, -0.1) is 0 Å². The summed E-state index contributed by atoms with van der Waals surface area (Å²) in [7, 11) is -2.13. The van der Waals surface area contributed by atoms with Crippen molar-refractivity contribution in [2.75, 3.05) is 25.5 Å². The van der Waals surface area contributed by atoms with E-state index < -0.39 is 15.6 Å². The fraction of sp³-hybridized carbons (Fsp3) is 0.577. The summed E-state index contributed by atoms with van der Waals surface area (Å²) in [6, 6.07) is 5.24. The summed E-state index contributed by atoms with van der Waals surface area (Å²) >= 11 is 0. The fourth-order valence-electron chi connectivity index (χ4n) is 5.29. The number of aliphatic imine (C=N–C) groups is 1. The Morgan fingerprint density at radius 2 is 1.94 bits per heavy atom. The molecular formula is C26H36N4O5S. The van der Waals surface area contributed by atoms with Crippen molar-refractivity contribution in [3.05, 3.63) is 34.7 Å². The van der Waals surface area contributed by atoms with Crippen LogP contribution in [-0.4, -0.2) is 56.1 Å². The number of benzene rings is 1. The summed E-state index contributed by atoms with van der Waals surface area (Å²) in [5.74, 6) is 1.54. The molecule has 0 atom stereocenters. The first-order chi connectivity index (χ1) is 17.1. The molecule has 2 N–H and O–H groups in total. The molecule has 4 rings (SSSR count). The number of carbonyl (C=O) groups excluding carboxylic acids is 2.